The molecule has 2 aliphatic heterocycles. The zero-order valence-corrected chi connectivity index (χ0v) is 15.9. The number of phosphoric acid groups is 1. The molecule has 0 bridgehead atoms. The minimum atomic E-state index is -3.99. The third-order valence-corrected chi connectivity index (χ3v) is 6.65. The van der Waals surface area contributed by atoms with Gasteiger partial charge in [-0.15, -0.1) is 0 Å². The van der Waals surface area contributed by atoms with E-state index >= 15 is 0 Å². The fourth-order valence-electron chi connectivity index (χ4n) is 2.91. The third-order valence-electron chi connectivity index (χ3n) is 4.05. The van der Waals surface area contributed by atoms with Crippen LogP contribution in [0.15, 0.2) is 0 Å². The summed E-state index contributed by atoms with van der Waals surface area (Å²) in [6.45, 7) is 1.76. The van der Waals surface area contributed by atoms with Crippen molar-refractivity contribution in [1.82, 2.24) is 16.0 Å². The van der Waals surface area contributed by atoms with Gasteiger partial charge < -0.3 is 20.8 Å². The molecule has 4 N–H and O–H groups in total. The maximum absolute atomic E-state index is 11.7. The van der Waals surface area contributed by atoms with Crippen LogP contribution >= 0.6 is 19.6 Å². The summed E-state index contributed by atoms with van der Waals surface area (Å²) in [5.74, 6) is 0.825. The maximum atomic E-state index is 11.7. The highest BCUT2D eigenvalue weighted by Crippen LogP contribution is 2.42. The minimum absolute atomic E-state index is 0.0754. The molecule has 0 aromatic carbocycles. The van der Waals surface area contributed by atoms with E-state index < -0.39 is 7.82 Å². The Bertz CT molecular complexity index is 523. The second kappa shape index (κ2) is 9.78. The Morgan fingerprint density at radius 1 is 1.40 bits per heavy atom. The number of hydrogen-bond donors (Lipinski definition) is 4. The molecule has 0 saturated carbocycles. The van der Waals surface area contributed by atoms with Crippen molar-refractivity contribution >= 4 is 31.5 Å². The molecule has 3 amide bonds. The zero-order valence-electron chi connectivity index (χ0n) is 14.2. The van der Waals surface area contributed by atoms with Crippen LogP contribution in [0.25, 0.3) is 0 Å². The van der Waals surface area contributed by atoms with E-state index in [1.165, 1.54) is 0 Å². The second-order valence-electron chi connectivity index (χ2n) is 5.94. The molecule has 2 aliphatic rings. The zero-order chi connectivity index (χ0) is 18.3. The first kappa shape index (κ1) is 20.5. The van der Waals surface area contributed by atoms with Crippen molar-refractivity contribution in [3.8, 4) is 0 Å². The molecule has 0 radical (unpaired) electrons. The Morgan fingerprint density at radius 3 is 2.96 bits per heavy atom. The molecular weight excluding hydrogens is 369 g/mol. The Morgan fingerprint density at radius 2 is 2.20 bits per heavy atom. The summed E-state index contributed by atoms with van der Waals surface area (Å²) in [7, 11) is -3.99. The van der Waals surface area contributed by atoms with Gasteiger partial charge in [0.15, 0.2) is 0 Å². The van der Waals surface area contributed by atoms with Crippen LogP contribution in [0, 0.1) is 0 Å². The van der Waals surface area contributed by atoms with Crippen LogP contribution in [0.5, 0.6) is 0 Å². The molecule has 2 unspecified atom stereocenters. The van der Waals surface area contributed by atoms with Crippen LogP contribution in [0.2, 0.25) is 0 Å². The van der Waals surface area contributed by atoms with Gasteiger partial charge in [-0.2, -0.15) is 11.8 Å². The number of urea groups is 1. The van der Waals surface area contributed by atoms with Crippen molar-refractivity contribution in [1.29, 1.82) is 0 Å². The lowest BCUT2D eigenvalue weighted by molar-refractivity contribution is -0.121. The second-order valence-corrected chi connectivity index (χ2v) is 8.66. The molecule has 4 atom stereocenters. The highest BCUT2D eigenvalue weighted by molar-refractivity contribution is 8.00. The molecule has 0 spiro atoms. The van der Waals surface area contributed by atoms with Gasteiger partial charge in [0.05, 0.1) is 25.3 Å². The molecule has 2 saturated heterocycles. The van der Waals surface area contributed by atoms with E-state index in [1.807, 2.05) is 11.8 Å². The van der Waals surface area contributed by atoms with Gasteiger partial charge >= 0.3 is 13.9 Å². The van der Waals surface area contributed by atoms with E-state index in [9.17, 15) is 19.0 Å². The lowest BCUT2D eigenvalue weighted by Gasteiger charge is -2.16. The van der Waals surface area contributed by atoms with Gasteiger partial charge in [-0.05, 0) is 19.8 Å². The maximum Gasteiger partial charge on any atom is 0.472 e. The Hall–Kier alpha value is -0.800. The number of fused-ring (bicyclic) bond motifs is 1. The monoisotopic (exact) mass is 395 g/mol. The molecule has 11 heteroatoms. The molecule has 0 aromatic rings. The molecule has 2 heterocycles. The standard InChI is InChI=1S/C14H26N3O6PS/c1-2-22-24(20,21)23-8-7-15-12(18)6-4-3-5-11-13-10(9-25-11)16-14(19)17-13/h10-11,13H,2-9H2,1H3,(H,15,18)(H,20,21)(H2,16,17,19)/t10-,11?,13-/m0/s1. The topological polar surface area (TPSA) is 126 Å². The number of thioether (sulfide) groups is 1. The normalized spacial score (nSPS) is 27.3. The lowest BCUT2D eigenvalue weighted by Crippen LogP contribution is -2.36. The van der Waals surface area contributed by atoms with Gasteiger partial charge in [-0.3, -0.25) is 13.8 Å². The summed E-state index contributed by atoms with van der Waals surface area (Å²) in [5.41, 5.74) is 0. The summed E-state index contributed by atoms with van der Waals surface area (Å²) in [5, 5.41) is 8.91. The van der Waals surface area contributed by atoms with E-state index in [0.717, 1.165) is 25.0 Å². The van der Waals surface area contributed by atoms with E-state index in [1.54, 1.807) is 6.92 Å². The van der Waals surface area contributed by atoms with Gasteiger partial charge in [-0.1, -0.05) is 6.42 Å². The summed E-state index contributed by atoms with van der Waals surface area (Å²) in [6, 6.07) is 0.339. The molecule has 2 fully saturated rings. The molecule has 0 aliphatic carbocycles. The number of amides is 3. The summed E-state index contributed by atoms with van der Waals surface area (Å²) in [4.78, 5) is 32.2. The largest absolute Gasteiger partial charge is 0.472 e. The minimum Gasteiger partial charge on any atom is -0.354 e. The number of rotatable bonds is 11. The third kappa shape index (κ3) is 6.79. The van der Waals surface area contributed by atoms with Crippen molar-refractivity contribution in [2.45, 2.75) is 49.9 Å². The lowest BCUT2D eigenvalue weighted by atomic mass is 10.0. The number of unbranched alkanes of at least 4 members (excludes halogenated alkanes) is 1. The number of hydrogen-bond acceptors (Lipinski definition) is 6. The van der Waals surface area contributed by atoms with Gasteiger partial charge in [0, 0.05) is 24.0 Å². The smallest absolute Gasteiger partial charge is 0.354 e. The van der Waals surface area contributed by atoms with E-state index in [-0.39, 0.29) is 43.8 Å². The van der Waals surface area contributed by atoms with Crippen molar-refractivity contribution < 1.29 is 28.1 Å². The summed E-state index contributed by atoms with van der Waals surface area (Å²) < 4.78 is 20.5. The predicted octanol–water partition coefficient (Wildman–Crippen LogP) is 0.982. The van der Waals surface area contributed by atoms with Crippen molar-refractivity contribution in [2.75, 3.05) is 25.5 Å². The fourth-order valence-corrected chi connectivity index (χ4v) is 5.18. The highest BCUT2D eigenvalue weighted by atomic mass is 32.2. The molecular formula is C14H26N3O6PS. The van der Waals surface area contributed by atoms with Crippen LogP contribution < -0.4 is 16.0 Å². The number of carbonyl (C=O) groups is 2. The number of carbonyl (C=O) groups excluding carboxylic acids is 2. The van der Waals surface area contributed by atoms with Crippen molar-refractivity contribution in [3.05, 3.63) is 0 Å². The van der Waals surface area contributed by atoms with Crippen LogP contribution in [0.4, 0.5) is 4.79 Å². The first-order valence-corrected chi connectivity index (χ1v) is 11.0. The Labute approximate surface area is 151 Å². The SMILES string of the molecule is CCOP(=O)(O)OCCNC(=O)CCCCC1SC[C@@H]2NC(=O)N[C@H]12. The van der Waals surface area contributed by atoms with Crippen LogP contribution in [0.1, 0.15) is 32.6 Å². The van der Waals surface area contributed by atoms with Crippen LogP contribution in [0.3, 0.4) is 0 Å². The van der Waals surface area contributed by atoms with E-state index in [0.29, 0.717) is 11.7 Å². The van der Waals surface area contributed by atoms with E-state index in [2.05, 4.69) is 20.5 Å². The van der Waals surface area contributed by atoms with Gasteiger partial charge in [0.1, 0.15) is 0 Å². The molecule has 9 nitrogen and oxygen atoms in total. The molecule has 0 aromatic heterocycles. The van der Waals surface area contributed by atoms with Crippen molar-refractivity contribution in [3.63, 3.8) is 0 Å². The van der Waals surface area contributed by atoms with Gasteiger partial charge in [0.2, 0.25) is 5.91 Å². The average molecular weight is 395 g/mol. The van der Waals surface area contributed by atoms with Gasteiger partial charge in [0.25, 0.3) is 0 Å². The van der Waals surface area contributed by atoms with Crippen LogP contribution in [-0.2, 0) is 18.4 Å². The molecule has 2 rings (SSSR count). The number of nitrogens with one attached hydrogen (secondary N) is 3. The Balaban J connectivity index is 1.50. The van der Waals surface area contributed by atoms with E-state index in [4.69, 9.17) is 4.52 Å². The quantitative estimate of drug-likeness (QED) is 0.233. The van der Waals surface area contributed by atoms with Crippen LogP contribution in [-0.4, -0.2) is 59.7 Å². The average Bonchev–Trinajstić information content (AvgIpc) is 3.08. The highest BCUT2D eigenvalue weighted by Gasteiger charge is 2.42. The fraction of sp³-hybridized carbons (Fsp3) is 0.857. The predicted molar refractivity (Wildman–Crippen MR) is 94.4 cm³/mol. The van der Waals surface area contributed by atoms with Gasteiger partial charge in [-0.25, -0.2) is 9.36 Å². The molecule has 144 valence electrons. The summed E-state index contributed by atoms with van der Waals surface area (Å²) in [6.07, 6.45) is 3.04. The number of phosphoric ester groups is 1. The first-order chi connectivity index (χ1) is 11.9. The first-order valence-electron chi connectivity index (χ1n) is 8.48. The van der Waals surface area contributed by atoms with Crippen molar-refractivity contribution in [2.24, 2.45) is 0 Å². The summed E-state index contributed by atoms with van der Waals surface area (Å²) >= 11 is 1.86. The Kier molecular flexibility index (Phi) is 8.02. The molecule has 25 heavy (non-hydrogen) atoms.